The number of nitrogen functional groups attached to an aromatic ring is 2. The van der Waals surface area contributed by atoms with Crippen molar-refractivity contribution in [2.45, 2.75) is 28.5 Å². The van der Waals surface area contributed by atoms with Crippen LogP contribution in [0.25, 0.3) is 10.8 Å². The Morgan fingerprint density at radius 1 is 0.628 bits per heavy atom. The number of hydrogen-bond acceptors (Lipinski definition) is 13. The van der Waals surface area contributed by atoms with Crippen molar-refractivity contribution in [2.75, 3.05) is 11.5 Å². The van der Waals surface area contributed by atoms with Crippen LogP contribution in [-0.4, -0.2) is 44.0 Å². The smallest absolute Gasteiger partial charge is 0.296 e. The Morgan fingerprint density at radius 3 is 1.81 bits per heavy atom. The first-order chi connectivity index (χ1) is 19.8. The number of anilines is 2. The fraction of sp³-hybridized carbons (Fsp3) is 0.0833. The molecule has 226 valence electrons. The Morgan fingerprint density at radius 2 is 1.21 bits per heavy atom. The summed E-state index contributed by atoms with van der Waals surface area (Å²) >= 11 is 0. The first kappa shape index (κ1) is 31.4. The van der Waals surface area contributed by atoms with E-state index in [0.717, 1.165) is 30.3 Å². The molecule has 0 atom stereocenters. The van der Waals surface area contributed by atoms with Crippen molar-refractivity contribution in [3.63, 3.8) is 0 Å². The summed E-state index contributed by atoms with van der Waals surface area (Å²) in [6, 6.07) is 9.31. The van der Waals surface area contributed by atoms with Gasteiger partial charge in [0.15, 0.2) is 5.75 Å². The van der Waals surface area contributed by atoms with E-state index in [2.05, 4.69) is 20.5 Å². The number of phenolic OH excluding ortho intramolecular Hbond substituents is 1. The Balaban J connectivity index is 1.98. The van der Waals surface area contributed by atoms with E-state index in [1.807, 2.05) is 0 Å². The summed E-state index contributed by atoms with van der Waals surface area (Å²) in [7, 11) is -14.5. The van der Waals surface area contributed by atoms with Crippen molar-refractivity contribution in [1.29, 1.82) is 0 Å². The predicted octanol–water partition coefficient (Wildman–Crippen LogP) is 4.90. The molecule has 0 amide bonds. The first-order valence-electron chi connectivity index (χ1n) is 11.6. The lowest BCUT2D eigenvalue weighted by Crippen LogP contribution is -2.02. The normalized spacial score (nSPS) is 13.0. The summed E-state index contributed by atoms with van der Waals surface area (Å²) in [4.78, 5) is -2.12. The van der Waals surface area contributed by atoms with Crippen LogP contribution in [0, 0.1) is 13.8 Å². The van der Waals surface area contributed by atoms with E-state index in [0.29, 0.717) is 5.56 Å². The standard InChI is InChI=1S/C24H22N6O10S3/c1-11-3-5-15(18(7-11)42(35,36)37)27-29-22-12(2)8-13-9-19(43(38,39)40)23(21(26)20(13)24(22)31)30-28-16-10-14(25)4-6-17(16)41(32,33)34/h3-10,31H,25-26H2,1-2H3,(H,32,33,34)(H,35,36,37)(H,38,39,40). The van der Waals surface area contributed by atoms with Crippen LogP contribution in [0.3, 0.4) is 0 Å². The molecule has 4 aromatic rings. The molecule has 0 bridgehead atoms. The topological polar surface area (TPSA) is 285 Å². The summed E-state index contributed by atoms with van der Waals surface area (Å²) in [5, 5.41) is 26.1. The largest absolute Gasteiger partial charge is 0.505 e. The molecular formula is C24H22N6O10S3. The van der Waals surface area contributed by atoms with Crippen LogP contribution in [-0.2, 0) is 30.4 Å². The van der Waals surface area contributed by atoms with E-state index >= 15 is 0 Å². The van der Waals surface area contributed by atoms with Crippen LogP contribution in [0.1, 0.15) is 11.1 Å². The van der Waals surface area contributed by atoms with Gasteiger partial charge in [-0.2, -0.15) is 25.3 Å². The number of aromatic hydroxyl groups is 1. The van der Waals surface area contributed by atoms with Gasteiger partial charge in [0.05, 0.1) is 11.1 Å². The Labute approximate surface area is 244 Å². The van der Waals surface area contributed by atoms with Crippen LogP contribution in [0.2, 0.25) is 0 Å². The van der Waals surface area contributed by atoms with E-state index < -0.39 is 67.9 Å². The van der Waals surface area contributed by atoms with Gasteiger partial charge in [-0.1, -0.05) is 6.07 Å². The van der Waals surface area contributed by atoms with Crippen molar-refractivity contribution in [2.24, 2.45) is 20.5 Å². The summed E-state index contributed by atoms with van der Waals surface area (Å²) in [5.74, 6) is -0.655. The van der Waals surface area contributed by atoms with Gasteiger partial charge in [-0.3, -0.25) is 13.7 Å². The van der Waals surface area contributed by atoms with Crippen molar-refractivity contribution >= 4 is 75.3 Å². The average Bonchev–Trinajstić information content (AvgIpc) is 2.86. The van der Waals surface area contributed by atoms with Crippen LogP contribution < -0.4 is 11.5 Å². The zero-order valence-electron chi connectivity index (χ0n) is 22.0. The molecule has 0 aliphatic rings. The minimum absolute atomic E-state index is 0.00503. The number of benzene rings is 4. The van der Waals surface area contributed by atoms with Gasteiger partial charge in [0.2, 0.25) is 0 Å². The summed E-state index contributed by atoms with van der Waals surface area (Å²) < 4.78 is 101. The molecule has 0 saturated heterocycles. The zero-order valence-corrected chi connectivity index (χ0v) is 24.5. The molecule has 0 saturated carbocycles. The maximum Gasteiger partial charge on any atom is 0.296 e. The summed E-state index contributed by atoms with van der Waals surface area (Å²) in [6.07, 6.45) is 0. The minimum Gasteiger partial charge on any atom is -0.505 e. The van der Waals surface area contributed by atoms with Gasteiger partial charge < -0.3 is 16.6 Å². The number of aryl methyl sites for hydroxylation is 2. The second kappa shape index (κ2) is 10.9. The van der Waals surface area contributed by atoms with E-state index in [-0.39, 0.29) is 33.4 Å². The lowest BCUT2D eigenvalue weighted by Gasteiger charge is -2.14. The molecule has 4 rings (SSSR count). The Hall–Kier alpha value is -4.53. The Bertz CT molecular complexity index is 2220. The second-order valence-corrected chi connectivity index (χ2v) is 13.3. The quantitative estimate of drug-likeness (QED) is 0.0884. The van der Waals surface area contributed by atoms with Crippen molar-refractivity contribution in [3.05, 3.63) is 59.7 Å². The third kappa shape index (κ3) is 6.45. The molecule has 0 spiro atoms. The average molecular weight is 651 g/mol. The lowest BCUT2D eigenvalue weighted by molar-refractivity contribution is 0.480. The van der Waals surface area contributed by atoms with E-state index in [9.17, 15) is 44.0 Å². The molecule has 0 fully saturated rings. The number of phenols is 1. The van der Waals surface area contributed by atoms with Gasteiger partial charge >= 0.3 is 0 Å². The van der Waals surface area contributed by atoms with Gasteiger partial charge in [0, 0.05) is 5.69 Å². The second-order valence-electron chi connectivity index (χ2n) is 9.15. The molecule has 0 radical (unpaired) electrons. The lowest BCUT2D eigenvalue weighted by atomic mass is 10.0. The van der Waals surface area contributed by atoms with Gasteiger partial charge in [0.25, 0.3) is 30.4 Å². The molecule has 0 aromatic heterocycles. The van der Waals surface area contributed by atoms with Crippen molar-refractivity contribution in [3.8, 4) is 5.75 Å². The molecule has 4 aromatic carbocycles. The number of rotatable bonds is 7. The van der Waals surface area contributed by atoms with Gasteiger partial charge in [-0.05, 0) is 72.8 Å². The monoisotopic (exact) mass is 650 g/mol. The summed E-state index contributed by atoms with van der Waals surface area (Å²) in [6.45, 7) is 3.05. The van der Waals surface area contributed by atoms with Crippen LogP contribution in [0.5, 0.6) is 5.75 Å². The van der Waals surface area contributed by atoms with Crippen LogP contribution >= 0.6 is 0 Å². The van der Waals surface area contributed by atoms with Crippen LogP contribution in [0.15, 0.2) is 83.7 Å². The zero-order chi connectivity index (χ0) is 32.1. The maximum absolute atomic E-state index is 12.3. The van der Waals surface area contributed by atoms with E-state index in [1.54, 1.807) is 6.92 Å². The van der Waals surface area contributed by atoms with Crippen molar-refractivity contribution < 1.29 is 44.0 Å². The molecular weight excluding hydrogens is 628 g/mol. The number of nitrogens with two attached hydrogens (primary N) is 2. The summed E-state index contributed by atoms with van der Waals surface area (Å²) in [5.41, 5.74) is 10.3. The minimum atomic E-state index is -5.03. The number of fused-ring (bicyclic) bond motifs is 1. The van der Waals surface area contributed by atoms with Gasteiger partial charge in [0.1, 0.15) is 37.4 Å². The van der Waals surface area contributed by atoms with E-state index in [1.165, 1.54) is 25.1 Å². The highest BCUT2D eigenvalue weighted by Gasteiger charge is 2.25. The Kier molecular flexibility index (Phi) is 8.00. The molecule has 8 N–H and O–H groups in total. The molecule has 0 unspecified atom stereocenters. The molecule has 19 heteroatoms. The maximum atomic E-state index is 12.3. The van der Waals surface area contributed by atoms with Gasteiger partial charge in [-0.15, -0.1) is 20.5 Å². The fourth-order valence-corrected chi connectivity index (χ4v) is 6.03. The number of azo groups is 2. The highest BCUT2D eigenvalue weighted by Crippen LogP contribution is 2.47. The van der Waals surface area contributed by atoms with Crippen LogP contribution in [0.4, 0.5) is 34.1 Å². The predicted molar refractivity (Wildman–Crippen MR) is 155 cm³/mol. The first-order valence-corrected chi connectivity index (χ1v) is 16.0. The number of nitrogens with zero attached hydrogens (tertiary/aromatic N) is 4. The highest BCUT2D eigenvalue weighted by atomic mass is 32.2. The van der Waals surface area contributed by atoms with Crippen molar-refractivity contribution in [1.82, 2.24) is 0 Å². The molecule has 0 aliphatic heterocycles. The molecule has 16 nitrogen and oxygen atoms in total. The van der Waals surface area contributed by atoms with E-state index in [4.69, 9.17) is 11.5 Å². The number of hydrogen-bond donors (Lipinski definition) is 6. The molecule has 0 heterocycles. The SMILES string of the molecule is Cc1ccc(N=Nc2c(C)cc3cc(S(=O)(=O)O)c(N=Nc4cc(N)ccc4S(=O)(=O)O)c(N)c3c2O)c(S(=O)(=O)O)c1. The van der Waals surface area contributed by atoms with Gasteiger partial charge in [-0.25, -0.2) is 0 Å². The third-order valence-electron chi connectivity index (χ3n) is 5.99. The molecule has 43 heavy (non-hydrogen) atoms. The highest BCUT2D eigenvalue weighted by molar-refractivity contribution is 7.86. The third-order valence-corrected chi connectivity index (χ3v) is 8.64. The fourth-order valence-electron chi connectivity index (χ4n) is 4.05. The molecule has 0 aliphatic carbocycles.